The Labute approximate surface area is 367 Å². The van der Waals surface area contributed by atoms with Crippen LogP contribution in [0.1, 0.15) is 26.3 Å². The van der Waals surface area contributed by atoms with E-state index in [1.165, 1.54) is 32.5 Å². The van der Waals surface area contributed by atoms with Crippen LogP contribution in [0.3, 0.4) is 0 Å². The van der Waals surface area contributed by atoms with Crippen molar-refractivity contribution < 1.29 is 21.1 Å². The number of benzene rings is 7. The van der Waals surface area contributed by atoms with Gasteiger partial charge in [-0.1, -0.05) is 105 Å². The van der Waals surface area contributed by atoms with E-state index in [-0.39, 0.29) is 33.2 Å². The Morgan fingerprint density at radius 3 is 1.95 bits per heavy atom. The van der Waals surface area contributed by atoms with Crippen molar-refractivity contribution in [2.45, 2.75) is 26.2 Å². The normalized spacial score (nSPS) is 13.0. The van der Waals surface area contributed by atoms with Crippen LogP contribution in [-0.2, 0) is 26.5 Å². The van der Waals surface area contributed by atoms with E-state index in [4.69, 9.17) is 9.97 Å². The Bertz CT molecular complexity index is 3250. The quantitative estimate of drug-likeness (QED) is 0.130. The van der Waals surface area contributed by atoms with E-state index < -0.39 is 0 Å². The summed E-state index contributed by atoms with van der Waals surface area (Å²) in [5.74, 6) is 0.866. The molecule has 0 bridgehead atoms. The molecule has 10 aromatic rings. The number of fused-ring (bicyclic) bond motifs is 8. The van der Waals surface area contributed by atoms with Crippen molar-refractivity contribution in [3.05, 3.63) is 182 Å². The maximum absolute atomic E-state index is 5.13. The molecule has 0 radical (unpaired) electrons. The molecule has 2 aliphatic rings. The SMILES string of the molecule is CC(C)(C)c1cc2c3c(c1)N(c1ccccc1)c1cc4c5ccccc5n(-c5ccccn5)c4[c-]c1B3c1[c-]c(-c3nc4ccccc4s3)ccc1N2c1ccccc1.[Pt+2]. The number of hydrogen-bond acceptors (Lipinski definition) is 5. The van der Waals surface area contributed by atoms with Crippen molar-refractivity contribution in [2.24, 2.45) is 0 Å². The van der Waals surface area contributed by atoms with Gasteiger partial charge in [0, 0.05) is 44.2 Å². The van der Waals surface area contributed by atoms with Gasteiger partial charge in [0.25, 0.3) is 0 Å². The summed E-state index contributed by atoms with van der Waals surface area (Å²) in [7, 11) is 0. The average Bonchev–Trinajstić information content (AvgIpc) is 3.85. The van der Waals surface area contributed by atoms with Gasteiger partial charge in [-0.2, -0.15) is 22.9 Å². The minimum Gasteiger partial charge on any atom is -0.366 e. The summed E-state index contributed by atoms with van der Waals surface area (Å²) < 4.78 is 3.44. The first-order chi connectivity index (χ1) is 28.9. The van der Waals surface area contributed by atoms with Crippen molar-refractivity contribution in [1.82, 2.24) is 14.5 Å². The van der Waals surface area contributed by atoms with Gasteiger partial charge in [-0.25, -0.2) is 4.98 Å². The summed E-state index contributed by atoms with van der Waals surface area (Å²) in [5, 5.41) is 3.26. The largest absolute Gasteiger partial charge is 2.00 e. The number of thiazole rings is 1. The number of hydrogen-bond donors (Lipinski definition) is 0. The molecule has 0 aliphatic carbocycles. The maximum atomic E-state index is 5.13. The first-order valence-electron chi connectivity index (χ1n) is 20.1. The van der Waals surface area contributed by atoms with Crippen molar-refractivity contribution in [1.29, 1.82) is 0 Å². The van der Waals surface area contributed by atoms with Crippen LogP contribution in [0.5, 0.6) is 0 Å². The van der Waals surface area contributed by atoms with Crippen LogP contribution in [0.25, 0.3) is 48.4 Å². The molecule has 5 heterocycles. The van der Waals surface area contributed by atoms with Gasteiger partial charge in [0.15, 0.2) is 0 Å². The molecule has 0 fully saturated rings. The van der Waals surface area contributed by atoms with Gasteiger partial charge in [0.05, 0.1) is 5.52 Å². The summed E-state index contributed by atoms with van der Waals surface area (Å²) in [6.45, 7) is 6.75. The smallest absolute Gasteiger partial charge is 0.366 e. The molecule has 60 heavy (non-hydrogen) atoms. The number of rotatable bonds is 4. The molecule has 5 nitrogen and oxygen atoms in total. The van der Waals surface area contributed by atoms with Gasteiger partial charge in [0.1, 0.15) is 5.82 Å². The van der Waals surface area contributed by atoms with Crippen LogP contribution in [0.15, 0.2) is 164 Å². The molecule has 0 saturated heterocycles. The Balaban J connectivity index is 0.00000408. The van der Waals surface area contributed by atoms with Gasteiger partial charge >= 0.3 is 21.1 Å². The minimum absolute atomic E-state index is 0. The second-order valence-electron chi connectivity index (χ2n) is 16.5. The first kappa shape index (κ1) is 36.8. The summed E-state index contributed by atoms with van der Waals surface area (Å²) >= 11 is 1.72. The summed E-state index contributed by atoms with van der Waals surface area (Å²) in [4.78, 5) is 14.9. The molecule has 0 saturated carbocycles. The summed E-state index contributed by atoms with van der Waals surface area (Å²) in [5.41, 5.74) is 15.4. The Hall–Kier alpha value is -6.27. The monoisotopic (exact) mass is 968 g/mol. The molecule has 0 N–H and O–H groups in total. The van der Waals surface area contributed by atoms with Gasteiger partial charge in [-0.05, 0) is 94.2 Å². The van der Waals surface area contributed by atoms with E-state index in [0.717, 1.165) is 72.0 Å². The van der Waals surface area contributed by atoms with Gasteiger partial charge < -0.3 is 14.4 Å². The van der Waals surface area contributed by atoms with Gasteiger partial charge in [-0.15, -0.1) is 40.7 Å². The van der Waals surface area contributed by atoms with Crippen LogP contribution in [0.4, 0.5) is 34.1 Å². The van der Waals surface area contributed by atoms with E-state index in [9.17, 15) is 0 Å². The Morgan fingerprint density at radius 1 is 0.600 bits per heavy atom. The van der Waals surface area contributed by atoms with E-state index in [1.54, 1.807) is 11.3 Å². The fourth-order valence-corrected chi connectivity index (χ4v) is 10.2. The standard InChI is InChI=1S/C52H36BN5S.Pt/c1-52(2,3)34-29-46-50-47(30-34)57(36-18-8-5-9-19-36)45-31-38-37-20-10-12-22-42(37)58(49-24-14-15-27-54-49)44(38)32-40(45)53(50)39-28-33(51-55-41-21-11-13-23-48(41)59-51)25-26-43(39)56(46)35-16-6-4-7-17-35;/h4-27,29-31H,1-3H3;/q-2;+2. The zero-order valence-electron chi connectivity index (χ0n) is 33.1. The van der Waals surface area contributed by atoms with E-state index >= 15 is 0 Å². The third kappa shape index (κ3) is 5.56. The van der Waals surface area contributed by atoms with Crippen molar-refractivity contribution in [3.8, 4) is 16.4 Å². The summed E-state index contributed by atoms with van der Waals surface area (Å²) in [6.07, 6.45) is 1.87. The second-order valence-corrected chi connectivity index (χ2v) is 17.5. The molecule has 8 heteroatoms. The molecule has 12 rings (SSSR count). The molecular weight excluding hydrogens is 933 g/mol. The van der Waals surface area contributed by atoms with Crippen LogP contribution in [-0.4, -0.2) is 21.2 Å². The molecule has 0 unspecified atom stereocenters. The molecule has 3 aromatic heterocycles. The Kier molecular flexibility index (Phi) is 8.53. The fraction of sp³-hybridized carbons (Fsp3) is 0.0769. The number of pyridine rings is 1. The van der Waals surface area contributed by atoms with Crippen LogP contribution >= 0.6 is 11.3 Å². The van der Waals surface area contributed by atoms with E-state index in [2.05, 4.69) is 199 Å². The molecule has 0 amide bonds. The molecular formula is C52H36BN5PtS. The fourth-order valence-electron chi connectivity index (χ4n) is 9.22. The minimum atomic E-state index is -0.187. The van der Waals surface area contributed by atoms with Crippen LogP contribution < -0.4 is 26.2 Å². The molecule has 7 aromatic carbocycles. The topological polar surface area (TPSA) is 37.2 Å². The molecule has 0 spiro atoms. The number of aromatic nitrogens is 3. The van der Waals surface area contributed by atoms with Crippen molar-refractivity contribution >= 4 is 101 Å². The first-order valence-corrected chi connectivity index (χ1v) is 20.9. The zero-order chi connectivity index (χ0) is 39.4. The van der Waals surface area contributed by atoms with Crippen LogP contribution in [0, 0.1) is 12.1 Å². The number of anilines is 6. The van der Waals surface area contributed by atoms with Crippen molar-refractivity contribution in [3.63, 3.8) is 0 Å². The maximum Gasteiger partial charge on any atom is 2.00 e. The Morgan fingerprint density at radius 2 is 1.25 bits per heavy atom. The number of nitrogens with zero attached hydrogens (tertiary/aromatic N) is 5. The molecule has 2 aliphatic heterocycles. The molecule has 0 atom stereocenters. The predicted molar refractivity (Wildman–Crippen MR) is 248 cm³/mol. The average molecular weight is 969 g/mol. The van der Waals surface area contributed by atoms with E-state index in [0.29, 0.717) is 0 Å². The van der Waals surface area contributed by atoms with E-state index in [1.807, 2.05) is 12.3 Å². The number of para-hydroxylation sites is 4. The van der Waals surface area contributed by atoms with Gasteiger partial charge in [0.2, 0.25) is 6.71 Å². The second kappa shape index (κ2) is 13.9. The predicted octanol–water partition coefficient (Wildman–Crippen LogP) is 11.4. The summed E-state index contributed by atoms with van der Waals surface area (Å²) in [6, 6.07) is 64.8. The van der Waals surface area contributed by atoms with Crippen molar-refractivity contribution in [2.75, 3.05) is 9.80 Å². The third-order valence-corrected chi connectivity index (χ3v) is 13.0. The van der Waals surface area contributed by atoms with Gasteiger partial charge in [-0.3, -0.25) is 4.98 Å². The third-order valence-electron chi connectivity index (χ3n) is 11.9. The zero-order valence-corrected chi connectivity index (χ0v) is 36.2. The molecule has 288 valence electrons. The van der Waals surface area contributed by atoms with Crippen LogP contribution in [0.2, 0.25) is 0 Å².